The van der Waals surface area contributed by atoms with Gasteiger partial charge in [-0.15, -0.1) is 0 Å². The number of benzene rings is 1. The van der Waals surface area contributed by atoms with Gasteiger partial charge in [-0.25, -0.2) is 9.97 Å². The van der Waals surface area contributed by atoms with Crippen molar-refractivity contribution in [2.45, 2.75) is 13.5 Å². The summed E-state index contributed by atoms with van der Waals surface area (Å²) in [6.07, 6.45) is 0. The van der Waals surface area contributed by atoms with Crippen LogP contribution in [0, 0.1) is 6.92 Å². The summed E-state index contributed by atoms with van der Waals surface area (Å²) in [6, 6.07) is 9.25. The average molecular weight is 343 g/mol. The van der Waals surface area contributed by atoms with Gasteiger partial charge in [-0.1, -0.05) is 18.2 Å². The number of carbonyl (C=O) groups excluding carboxylic acids is 1. The van der Waals surface area contributed by atoms with Crippen LogP contribution >= 0.6 is 0 Å². The monoisotopic (exact) mass is 343 g/mol. The zero-order chi connectivity index (χ0) is 18.2. The SMILES string of the molecule is COc1ccccc1CNC(=O)c1cc(NCCN(C)C)nc(C)n1. The second-order valence-corrected chi connectivity index (χ2v) is 5.91. The highest BCUT2D eigenvalue weighted by molar-refractivity contribution is 5.92. The molecule has 0 bridgehead atoms. The van der Waals surface area contributed by atoms with E-state index in [-0.39, 0.29) is 5.91 Å². The van der Waals surface area contributed by atoms with Crippen LogP contribution in [0.2, 0.25) is 0 Å². The Morgan fingerprint density at radius 2 is 2.00 bits per heavy atom. The van der Waals surface area contributed by atoms with E-state index in [2.05, 4.69) is 25.5 Å². The Balaban J connectivity index is 2.02. The lowest BCUT2D eigenvalue weighted by Crippen LogP contribution is -2.25. The van der Waals surface area contributed by atoms with Crippen LogP contribution in [0.3, 0.4) is 0 Å². The zero-order valence-corrected chi connectivity index (χ0v) is 15.2. The molecule has 0 radical (unpaired) electrons. The average Bonchev–Trinajstić information content (AvgIpc) is 2.59. The lowest BCUT2D eigenvalue weighted by atomic mass is 10.2. The van der Waals surface area contributed by atoms with E-state index in [0.717, 1.165) is 24.4 Å². The van der Waals surface area contributed by atoms with E-state index in [0.29, 0.717) is 23.9 Å². The molecule has 1 heterocycles. The van der Waals surface area contributed by atoms with Crippen molar-refractivity contribution in [2.24, 2.45) is 0 Å². The number of aryl methyl sites for hydroxylation is 1. The first kappa shape index (κ1) is 18.7. The lowest BCUT2D eigenvalue weighted by Gasteiger charge is -2.12. The molecule has 1 amide bonds. The zero-order valence-electron chi connectivity index (χ0n) is 15.2. The van der Waals surface area contributed by atoms with Crippen molar-refractivity contribution in [3.05, 3.63) is 47.4 Å². The van der Waals surface area contributed by atoms with Crippen molar-refractivity contribution < 1.29 is 9.53 Å². The van der Waals surface area contributed by atoms with Gasteiger partial charge in [0.15, 0.2) is 0 Å². The van der Waals surface area contributed by atoms with Crippen molar-refractivity contribution in [2.75, 3.05) is 39.6 Å². The topological polar surface area (TPSA) is 79.4 Å². The minimum atomic E-state index is -0.243. The fraction of sp³-hybridized carbons (Fsp3) is 0.389. The number of hydrogen-bond donors (Lipinski definition) is 2. The first-order chi connectivity index (χ1) is 12.0. The van der Waals surface area contributed by atoms with Gasteiger partial charge in [0.1, 0.15) is 23.1 Å². The van der Waals surface area contributed by atoms with E-state index in [1.807, 2.05) is 38.4 Å². The van der Waals surface area contributed by atoms with Crippen LogP contribution in [0.4, 0.5) is 5.82 Å². The van der Waals surface area contributed by atoms with Crippen molar-refractivity contribution in [3.8, 4) is 5.75 Å². The molecule has 7 nitrogen and oxygen atoms in total. The summed E-state index contributed by atoms with van der Waals surface area (Å²) in [7, 11) is 5.62. The largest absolute Gasteiger partial charge is 0.496 e. The van der Waals surface area contributed by atoms with E-state index < -0.39 is 0 Å². The number of aromatic nitrogens is 2. The number of nitrogens with zero attached hydrogens (tertiary/aromatic N) is 3. The fourth-order valence-corrected chi connectivity index (χ4v) is 2.30. The molecular weight excluding hydrogens is 318 g/mol. The molecule has 134 valence electrons. The van der Waals surface area contributed by atoms with E-state index >= 15 is 0 Å². The van der Waals surface area contributed by atoms with Crippen LogP contribution < -0.4 is 15.4 Å². The molecule has 2 rings (SSSR count). The number of carbonyl (C=O) groups is 1. The van der Waals surface area contributed by atoms with Crippen molar-refractivity contribution in [1.82, 2.24) is 20.2 Å². The summed E-state index contributed by atoms with van der Waals surface area (Å²) in [5.74, 6) is 1.70. The highest BCUT2D eigenvalue weighted by Crippen LogP contribution is 2.17. The number of likely N-dealkylation sites (N-methyl/N-ethyl adjacent to an activating group) is 1. The lowest BCUT2D eigenvalue weighted by molar-refractivity contribution is 0.0945. The normalized spacial score (nSPS) is 10.6. The molecule has 7 heteroatoms. The summed E-state index contributed by atoms with van der Waals surface area (Å²) in [5, 5.41) is 6.08. The molecular formula is C18H25N5O2. The predicted molar refractivity (Wildman–Crippen MR) is 98.0 cm³/mol. The number of hydrogen-bond acceptors (Lipinski definition) is 6. The Morgan fingerprint density at radius 3 is 2.72 bits per heavy atom. The minimum Gasteiger partial charge on any atom is -0.496 e. The summed E-state index contributed by atoms with van der Waals surface area (Å²) < 4.78 is 5.29. The molecule has 0 saturated carbocycles. The molecule has 0 aliphatic rings. The summed E-state index contributed by atoms with van der Waals surface area (Å²) >= 11 is 0. The third-order valence-corrected chi connectivity index (χ3v) is 3.57. The molecule has 0 fully saturated rings. The summed E-state index contributed by atoms with van der Waals surface area (Å²) in [6.45, 7) is 3.76. The van der Waals surface area contributed by atoms with Gasteiger partial charge in [0.2, 0.25) is 0 Å². The molecule has 0 aliphatic carbocycles. The maximum absolute atomic E-state index is 12.4. The number of anilines is 1. The number of amides is 1. The maximum Gasteiger partial charge on any atom is 0.270 e. The van der Waals surface area contributed by atoms with Crippen molar-refractivity contribution >= 4 is 11.7 Å². The fourth-order valence-electron chi connectivity index (χ4n) is 2.30. The van der Waals surface area contributed by atoms with E-state index in [1.54, 1.807) is 20.1 Å². The van der Waals surface area contributed by atoms with Gasteiger partial charge in [-0.05, 0) is 27.1 Å². The number of ether oxygens (including phenoxy) is 1. The predicted octanol–water partition coefficient (Wildman–Crippen LogP) is 1.70. The molecule has 1 aromatic heterocycles. The Kier molecular flexibility index (Phi) is 6.71. The van der Waals surface area contributed by atoms with Gasteiger partial charge in [0.05, 0.1) is 7.11 Å². The van der Waals surface area contributed by atoms with E-state index in [9.17, 15) is 4.79 Å². The first-order valence-corrected chi connectivity index (χ1v) is 8.14. The van der Waals surface area contributed by atoms with Crippen LogP contribution in [0.15, 0.2) is 30.3 Å². The molecule has 25 heavy (non-hydrogen) atoms. The van der Waals surface area contributed by atoms with Crippen LogP contribution in [-0.2, 0) is 6.54 Å². The molecule has 0 aliphatic heterocycles. The number of methoxy groups -OCH3 is 1. The third-order valence-electron chi connectivity index (χ3n) is 3.57. The molecule has 2 N–H and O–H groups in total. The molecule has 2 aromatic rings. The van der Waals surface area contributed by atoms with E-state index in [4.69, 9.17) is 4.74 Å². The quantitative estimate of drug-likeness (QED) is 0.759. The molecule has 0 saturated heterocycles. The Bertz CT molecular complexity index is 718. The van der Waals surface area contributed by atoms with E-state index in [1.165, 1.54) is 0 Å². The van der Waals surface area contributed by atoms with Crippen LogP contribution in [-0.4, -0.2) is 55.1 Å². The minimum absolute atomic E-state index is 0.243. The Labute approximate surface area is 148 Å². The molecule has 0 spiro atoms. The number of rotatable bonds is 8. The van der Waals surface area contributed by atoms with Crippen molar-refractivity contribution in [1.29, 1.82) is 0 Å². The van der Waals surface area contributed by atoms with Crippen LogP contribution in [0.1, 0.15) is 21.9 Å². The van der Waals surface area contributed by atoms with Gasteiger partial charge < -0.3 is 20.3 Å². The van der Waals surface area contributed by atoms with Crippen LogP contribution in [0.5, 0.6) is 5.75 Å². The summed E-state index contributed by atoms with van der Waals surface area (Å²) in [5.41, 5.74) is 1.25. The van der Waals surface area contributed by atoms with Gasteiger partial charge >= 0.3 is 0 Å². The first-order valence-electron chi connectivity index (χ1n) is 8.14. The highest BCUT2D eigenvalue weighted by Gasteiger charge is 2.11. The molecule has 0 atom stereocenters. The maximum atomic E-state index is 12.4. The van der Waals surface area contributed by atoms with Gasteiger partial charge in [-0.3, -0.25) is 4.79 Å². The molecule has 1 aromatic carbocycles. The van der Waals surface area contributed by atoms with Crippen LogP contribution in [0.25, 0.3) is 0 Å². The third kappa shape index (κ3) is 5.72. The molecule has 0 unspecified atom stereocenters. The standard InChI is InChI=1S/C18H25N5O2/c1-13-21-15(11-17(22-13)19-9-10-23(2)3)18(24)20-12-14-7-5-6-8-16(14)25-4/h5-8,11H,9-10,12H2,1-4H3,(H,20,24)(H,19,21,22). The smallest absolute Gasteiger partial charge is 0.270 e. The van der Waals surface area contributed by atoms with Crippen molar-refractivity contribution in [3.63, 3.8) is 0 Å². The number of nitrogens with one attached hydrogen (secondary N) is 2. The van der Waals surface area contributed by atoms with Gasteiger partial charge in [0.25, 0.3) is 5.91 Å². The summed E-state index contributed by atoms with van der Waals surface area (Å²) in [4.78, 5) is 23.0. The van der Waals surface area contributed by atoms with Gasteiger partial charge in [0, 0.05) is 31.3 Å². The van der Waals surface area contributed by atoms with Gasteiger partial charge in [-0.2, -0.15) is 0 Å². The Morgan fingerprint density at radius 1 is 1.24 bits per heavy atom. The second-order valence-electron chi connectivity index (χ2n) is 5.91. The Hall–Kier alpha value is -2.67. The second kappa shape index (κ2) is 8.98. The number of para-hydroxylation sites is 1. The highest BCUT2D eigenvalue weighted by atomic mass is 16.5.